The molecule has 4 rings (SSSR count). The zero-order valence-electron chi connectivity index (χ0n) is 24.4. The van der Waals surface area contributed by atoms with Crippen molar-refractivity contribution in [3.05, 3.63) is 35.9 Å². The van der Waals surface area contributed by atoms with E-state index in [0.29, 0.717) is 30.9 Å². The number of hydrogen-bond acceptors (Lipinski definition) is 9. The maximum atomic E-state index is 14.2. The maximum Gasteiger partial charge on any atom is 0.282 e. The van der Waals surface area contributed by atoms with Crippen LogP contribution in [-0.2, 0) is 0 Å². The highest BCUT2D eigenvalue weighted by atomic mass is 19.1. The zero-order chi connectivity index (χ0) is 28.9. The lowest BCUT2D eigenvalue weighted by molar-refractivity contribution is -0.0332. The predicted octanol–water partition coefficient (Wildman–Crippen LogP) is 3.18. The van der Waals surface area contributed by atoms with Crippen molar-refractivity contribution in [1.82, 2.24) is 30.3 Å². The fraction of sp³-hybridized carbons (Fsp3) is 0.655. The SMILES string of the molecule is CCN(C(=O)c1cc(F)ccc1Oc1nncnc1N1CCC2(C1)CN([C@H](CCNCCO)C(C)C)C2)C(C)C. The van der Waals surface area contributed by atoms with E-state index in [1.54, 1.807) is 4.90 Å². The summed E-state index contributed by atoms with van der Waals surface area (Å²) < 4.78 is 20.4. The molecule has 2 aliphatic rings. The zero-order valence-corrected chi connectivity index (χ0v) is 24.4. The highest BCUT2D eigenvalue weighted by Gasteiger charge is 2.50. The Labute approximate surface area is 236 Å². The average molecular weight is 558 g/mol. The van der Waals surface area contributed by atoms with Gasteiger partial charge in [0, 0.05) is 56.8 Å². The van der Waals surface area contributed by atoms with Crippen LogP contribution in [0.15, 0.2) is 24.5 Å². The largest absolute Gasteiger partial charge is 0.434 e. The Balaban J connectivity index is 1.46. The molecule has 0 bridgehead atoms. The third-order valence-corrected chi connectivity index (χ3v) is 8.13. The summed E-state index contributed by atoms with van der Waals surface area (Å²) in [5, 5.41) is 20.5. The third-order valence-electron chi connectivity index (χ3n) is 8.13. The lowest BCUT2D eigenvalue weighted by Gasteiger charge is -2.53. The van der Waals surface area contributed by atoms with Gasteiger partial charge in [-0.15, -0.1) is 10.2 Å². The first-order valence-corrected chi connectivity index (χ1v) is 14.4. The van der Waals surface area contributed by atoms with E-state index >= 15 is 0 Å². The minimum Gasteiger partial charge on any atom is -0.434 e. The van der Waals surface area contributed by atoms with Gasteiger partial charge in [0.15, 0.2) is 5.82 Å². The molecule has 2 aliphatic heterocycles. The van der Waals surface area contributed by atoms with Crippen molar-refractivity contribution in [3.63, 3.8) is 0 Å². The molecule has 10 nitrogen and oxygen atoms in total. The van der Waals surface area contributed by atoms with E-state index < -0.39 is 5.82 Å². The highest BCUT2D eigenvalue weighted by molar-refractivity contribution is 5.97. The van der Waals surface area contributed by atoms with Gasteiger partial charge in [0.25, 0.3) is 11.8 Å². The summed E-state index contributed by atoms with van der Waals surface area (Å²) in [6, 6.07) is 4.40. The van der Waals surface area contributed by atoms with E-state index in [-0.39, 0.29) is 41.2 Å². The molecule has 0 radical (unpaired) electrons. The topological polar surface area (TPSA) is 107 Å². The number of aromatic nitrogens is 3. The Bertz CT molecular complexity index is 1140. The van der Waals surface area contributed by atoms with Crippen LogP contribution >= 0.6 is 0 Å². The van der Waals surface area contributed by atoms with Crippen LogP contribution in [0.4, 0.5) is 10.2 Å². The Kier molecular flexibility index (Phi) is 9.91. The Hall–Kier alpha value is -2.89. The Morgan fingerprint density at radius 3 is 2.67 bits per heavy atom. The van der Waals surface area contributed by atoms with Crippen LogP contribution in [0.5, 0.6) is 11.6 Å². The van der Waals surface area contributed by atoms with Gasteiger partial charge in [-0.2, -0.15) is 0 Å². The van der Waals surface area contributed by atoms with Gasteiger partial charge in [0.2, 0.25) is 0 Å². The number of anilines is 1. The van der Waals surface area contributed by atoms with Gasteiger partial charge in [-0.3, -0.25) is 9.69 Å². The van der Waals surface area contributed by atoms with E-state index in [4.69, 9.17) is 9.84 Å². The first-order chi connectivity index (χ1) is 19.2. The van der Waals surface area contributed by atoms with Crippen LogP contribution < -0.4 is 15.0 Å². The van der Waals surface area contributed by atoms with E-state index in [1.165, 1.54) is 24.5 Å². The summed E-state index contributed by atoms with van der Waals surface area (Å²) in [4.78, 5) is 24.2. The molecule has 3 heterocycles. The number of nitrogens with zero attached hydrogens (tertiary/aromatic N) is 6. The molecule has 2 N–H and O–H groups in total. The fourth-order valence-electron chi connectivity index (χ4n) is 6.12. The molecule has 2 fully saturated rings. The third kappa shape index (κ3) is 6.70. The fourth-order valence-corrected chi connectivity index (χ4v) is 6.12. The Morgan fingerprint density at radius 1 is 1.23 bits per heavy atom. The number of hydrogen-bond donors (Lipinski definition) is 2. The van der Waals surface area contributed by atoms with Crippen molar-refractivity contribution in [2.45, 2.75) is 59.5 Å². The highest BCUT2D eigenvalue weighted by Crippen LogP contribution is 2.44. The second-order valence-corrected chi connectivity index (χ2v) is 11.7. The molecule has 40 heavy (non-hydrogen) atoms. The number of halogens is 1. The molecule has 1 aromatic heterocycles. The molecule has 0 unspecified atom stereocenters. The van der Waals surface area contributed by atoms with E-state index in [2.05, 4.69) is 44.1 Å². The monoisotopic (exact) mass is 557 g/mol. The maximum absolute atomic E-state index is 14.2. The molecule has 11 heteroatoms. The number of likely N-dealkylation sites (tertiary alicyclic amines) is 1. The number of aliphatic hydroxyl groups is 1. The van der Waals surface area contributed by atoms with Gasteiger partial charge in [0.05, 0.1) is 12.2 Å². The molecule has 1 spiro atoms. The minimum absolute atomic E-state index is 0.0442. The van der Waals surface area contributed by atoms with E-state index in [1.807, 2.05) is 20.8 Å². The molecule has 2 aromatic rings. The van der Waals surface area contributed by atoms with Crippen molar-refractivity contribution < 1.29 is 19.0 Å². The van der Waals surface area contributed by atoms with Gasteiger partial charge >= 0.3 is 0 Å². The summed E-state index contributed by atoms with van der Waals surface area (Å²) >= 11 is 0. The van der Waals surface area contributed by atoms with Crippen LogP contribution in [-0.4, -0.2) is 100 Å². The summed E-state index contributed by atoms with van der Waals surface area (Å²) in [6.07, 6.45) is 3.50. The summed E-state index contributed by atoms with van der Waals surface area (Å²) in [5.74, 6) is 0.757. The molecular formula is C29H44FN7O3. The lowest BCUT2D eigenvalue weighted by atomic mass is 9.76. The van der Waals surface area contributed by atoms with Gasteiger partial charge < -0.3 is 25.0 Å². The summed E-state index contributed by atoms with van der Waals surface area (Å²) in [7, 11) is 0. The van der Waals surface area contributed by atoms with Crippen LogP contribution in [0.2, 0.25) is 0 Å². The number of rotatable bonds is 13. The number of nitrogens with one attached hydrogen (secondary N) is 1. The molecule has 220 valence electrons. The van der Waals surface area contributed by atoms with Crippen molar-refractivity contribution in [1.29, 1.82) is 0 Å². The predicted molar refractivity (Wildman–Crippen MR) is 152 cm³/mol. The van der Waals surface area contributed by atoms with Crippen molar-refractivity contribution in [3.8, 4) is 11.6 Å². The van der Waals surface area contributed by atoms with E-state index in [9.17, 15) is 9.18 Å². The van der Waals surface area contributed by atoms with Gasteiger partial charge in [0.1, 0.15) is 17.9 Å². The number of ether oxygens (including phenoxy) is 1. The molecular weight excluding hydrogens is 513 g/mol. The molecule has 1 amide bonds. The summed E-state index contributed by atoms with van der Waals surface area (Å²) in [6.45, 7) is 16.2. The normalized spacial score (nSPS) is 17.5. The second-order valence-electron chi connectivity index (χ2n) is 11.7. The number of benzene rings is 1. The summed E-state index contributed by atoms with van der Waals surface area (Å²) in [5.41, 5.74) is 0.330. The average Bonchev–Trinajstić information content (AvgIpc) is 3.35. The lowest BCUT2D eigenvalue weighted by Crippen LogP contribution is -2.62. The minimum atomic E-state index is -0.507. The first kappa shape index (κ1) is 30.1. The second kappa shape index (κ2) is 13.2. The van der Waals surface area contributed by atoms with Gasteiger partial charge in [-0.1, -0.05) is 13.8 Å². The van der Waals surface area contributed by atoms with Crippen molar-refractivity contribution in [2.24, 2.45) is 11.3 Å². The molecule has 2 saturated heterocycles. The standard InChI is InChI=1S/C29H44FN7O3/c1-6-37(21(4)5)28(39)23-15-22(30)7-8-25(23)40-27-26(32-19-33-34-27)35-13-10-29(16-35)17-36(18-29)24(20(2)3)9-11-31-12-14-38/h7-8,15,19-21,24,31,38H,6,9-14,16-18H2,1-5H3/t24-/m1/s1. The number of carbonyl (C=O) groups is 1. The molecule has 1 atom stereocenters. The number of aliphatic hydroxyl groups excluding tert-OH is 1. The van der Waals surface area contributed by atoms with Crippen molar-refractivity contribution >= 4 is 11.7 Å². The van der Waals surface area contributed by atoms with Gasteiger partial charge in [-0.05, 0) is 64.3 Å². The quantitative estimate of drug-likeness (QED) is 0.359. The van der Waals surface area contributed by atoms with Crippen LogP contribution in [0.1, 0.15) is 57.8 Å². The van der Waals surface area contributed by atoms with E-state index in [0.717, 1.165) is 45.6 Å². The van der Waals surface area contributed by atoms with Crippen molar-refractivity contribution in [2.75, 3.05) is 57.3 Å². The van der Waals surface area contributed by atoms with Crippen LogP contribution in [0, 0.1) is 17.2 Å². The van der Waals surface area contributed by atoms with Crippen LogP contribution in [0.3, 0.4) is 0 Å². The van der Waals surface area contributed by atoms with Crippen LogP contribution in [0.25, 0.3) is 0 Å². The van der Waals surface area contributed by atoms with Gasteiger partial charge in [-0.25, -0.2) is 9.37 Å². The first-order valence-electron chi connectivity index (χ1n) is 14.4. The molecule has 0 aliphatic carbocycles. The Morgan fingerprint density at radius 2 is 2.00 bits per heavy atom. The number of carbonyl (C=O) groups excluding carboxylic acids is 1. The number of amides is 1. The smallest absolute Gasteiger partial charge is 0.282 e. The molecule has 0 saturated carbocycles. The molecule has 1 aromatic carbocycles.